The summed E-state index contributed by atoms with van der Waals surface area (Å²) < 4.78 is 0. The number of hydrogen-bond acceptors (Lipinski definition) is 2. The zero-order chi connectivity index (χ0) is 10.1. The molecule has 0 spiro atoms. The van der Waals surface area contributed by atoms with Crippen LogP contribution in [0.1, 0.15) is 33.6 Å². The van der Waals surface area contributed by atoms with Crippen LogP contribution in [-0.2, 0) is 0 Å². The number of amides is 1. The van der Waals surface area contributed by atoms with Crippen molar-refractivity contribution in [3.63, 3.8) is 0 Å². The van der Waals surface area contributed by atoms with E-state index in [1.807, 2.05) is 5.01 Å². The SMILES string of the molecule is CC(C)(C)C1CCCN1NC(=O)O. The monoisotopic (exact) mass is 186 g/mol. The van der Waals surface area contributed by atoms with Crippen LogP contribution in [0.25, 0.3) is 0 Å². The minimum Gasteiger partial charge on any atom is -0.464 e. The Balaban J connectivity index is 2.59. The number of hydrogen-bond donors (Lipinski definition) is 2. The zero-order valence-corrected chi connectivity index (χ0v) is 8.50. The maximum atomic E-state index is 10.5. The van der Waals surface area contributed by atoms with E-state index in [1.54, 1.807) is 0 Å². The summed E-state index contributed by atoms with van der Waals surface area (Å²) in [6.07, 6.45) is 1.18. The lowest BCUT2D eigenvalue weighted by atomic mass is 9.86. The largest absolute Gasteiger partial charge is 0.464 e. The topological polar surface area (TPSA) is 52.6 Å². The summed E-state index contributed by atoms with van der Waals surface area (Å²) in [4.78, 5) is 10.5. The van der Waals surface area contributed by atoms with E-state index in [4.69, 9.17) is 5.11 Å². The molecule has 1 amide bonds. The average molecular weight is 186 g/mol. The van der Waals surface area contributed by atoms with Gasteiger partial charge in [0.25, 0.3) is 0 Å². The summed E-state index contributed by atoms with van der Waals surface area (Å²) in [5, 5.41) is 10.4. The molecular formula is C9H18N2O2. The number of carboxylic acid groups (broad SMARTS) is 1. The van der Waals surface area contributed by atoms with Crippen molar-refractivity contribution in [3.8, 4) is 0 Å². The molecule has 0 bridgehead atoms. The Morgan fingerprint density at radius 2 is 2.15 bits per heavy atom. The molecule has 2 N–H and O–H groups in total. The number of carbonyl (C=O) groups is 1. The fraction of sp³-hybridized carbons (Fsp3) is 0.889. The van der Waals surface area contributed by atoms with Gasteiger partial charge < -0.3 is 5.11 Å². The van der Waals surface area contributed by atoms with E-state index in [0.717, 1.165) is 19.4 Å². The van der Waals surface area contributed by atoms with Gasteiger partial charge in [-0.3, -0.25) is 5.43 Å². The van der Waals surface area contributed by atoms with Crippen molar-refractivity contribution in [2.75, 3.05) is 6.54 Å². The Hall–Kier alpha value is -0.770. The molecule has 0 aromatic heterocycles. The highest BCUT2D eigenvalue weighted by molar-refractivity contribution is 5.63. The summed E-state index contributed by atoms with van der Waals surface area (Å²) in [6, 6.07) is 0.323. The van der Waals surface area contributed by atoms with Crippen molar-refractivity contribution in [2.45, 2.75) is 39.7 Å². The highest BCUT2D eigenvalue weighted by Gasteiger charge is 2.34. The molecule has 0 aromatic rings. The molecule has 0 aromatic carbocycles. The summed E-state index contributed by atoms with van der Waals surface area (Å²) in [6.45, 7) is 7.24. The van der Waals surface area contributed by atoms with E-state index in [9.17, 15) is 4.79 Å². The molecular weight excluding hydrogens is 168 g/mol. The van der Waals surface area contributed by atoms with Crippen molar-refractivity contribution in [3.05, 3.63) is 0 Å². The van der Waals surface area contributed by atoms with Gasteiger partial charge >= 0.3 is 6.09 Å². The molecule has 4 heteroatoms. The summed E-state index contributed by atoms with van der Waals surface area (Å²) >= 11 is 0. The summed E-state index contributed by atoms with van der Waals surface area (Å²) in [7, 11) is 0. The van der Waals surface area contributed by atoms with Crippen molar-refractivity contribution < 1.29 is 9.90 Å². The van der Waals surface area contributed by atoms with Gasteiger partial charge in [-0.2, -0.15) is 0 Å². The summed E-state index contributed by atoms with van der Waals surface area (Å²) in [5.74, 6) is 0. The number of rotatable bonds is 1. The van der Waals surface area contributed by atoms with Crippen LogP contribution in [0.4, 0.5) is 4.79 Å². The van der Waals surface area contributed by atoms with Crippen LogP contribution in [-0.4, -0.2) is 28.8 Å². The molecule has 1 aliphatic heterocycles. The average Bonchev–Trinajstić information content (AvgIpc) is 2.31. The fourth-order valence-corrected chi connectivity index (χ4v) is 1.92. The van der Waals surface area contributed by atoms with Crippen molar-refractivity contribution in [2.24, 2.45) is 5.41 Å². The van der Waals surface area contributed by atoms with E-state index >= 15 is 0 Å². The first-order chi connectivity index (χ1) is 5.91. The van der Waals surface area contributed by atoms with Gasteiger partial charge in [-0.25, -0.2) is 9.80 Å². The molecule has 1 unspecified atom stereocenters. The minimum atomic E-state index is -0.962. The quantitative estimate of drug-likeness (QED) is 0.655. The Morgan fingerprint density at radius 3 is 2.62 bits per heavy atom. The first-order valence-electron chi connectivity index (χ1n) is 4.67. The molecule has 0 radical (unpaired) electrons. The first kappa shape index (κ1) is 10.3. The second kappa shape index (κ2) is 3.54. The predicted molar refractivity (Wildman–Crippen MR) is 50.3 cm³/mol. The van der Waals surface area contributed by atoms with Crippen LogP contribution in [0.2, 0.25) is 0 Å². The molecule has 1 aliphatic rings. The van der Waals surface area contributed by atoms with Crippen LogP contribution in [0.15, 0.2) is 0 Å². The minimum absolute atomic E-state index is 0.138. The van der Waals surface area contributed by atoms with E-state index in [0.29, 0.717) is 6.04 Å². The van der Waals surface area contributed by atoms with Gasteiger partial charge in [-0.15, -0.1) is 0 Å². The smallest absolute Gasteiger partial charge is 0.419 e. The normalized spacial score (nSPS) is 24.7. The Kier molecular flexibility index (Phi) is 2.81. The van der Waals surface area contributed by atoms with E-state index in [1.165, 1.54) is 0 Å². The van der Waals surface area contributed by atoms with Gasteiger partial charge in [0.2, 0.25) is 0 Å². The van der Waals surface area contributed by atoms with Gasteiger partial charge in [-0.1, -0.05) is 20.8 Å². The van der Waals surface area contributed by atoms with E-state index < -0.39 is 6.09 Å². The lowest BCUT2D eigenvalue weighted by Crippen LogP contribution is -2.49. The summed E-state index contributed by atoms with van der Waals surface area (Å²) in [5.41, 5.74) is 2.59. The number of nitrogens with one attached hydrogen (secondary N) is 1. The van der Waals surface area contributed by atoms with Crippen LogP contribution in [0.5, 0.6) is 0 Å². The number of nitrogens with zero attached hydrogens (tertiary/aromatic N) is 1. The molecule has 1 fully saturated rings. The lowest BCUT2D eigenvalue weighted by Gasteiger charge is -2.34. The lowest BCUT2D eigenvalue weighted by molar-refractivity contribution is 0.0829. The maximum absolute atomic E-state index is 10.5. The van der Waals surface area contributed by atoms with Gasteiger partial charge in [0, 0.05) is 12.6 Å². The zero-order valence-electron chi connectivity index (χ0n) is 8.50. The van der Waals surface area contributed by atoms with Crippen LogP contribution < -0.4 is 5.43 Å². The van der Waals surface area contributed by atoms with Crippen LogP contribution in [0.3, 0.4) is 0 Å². The third-order valence-electron chi connectivity index (χ3n) is 2.49. The molecule has 0 saturated carbocycles. The maximum Gasteiger partial charge on any atom is 0.419 e. The van der Waals surface area contributed by atoms with Crippen LogP contribution in [0, 0.1) is 5.41 Å². The molecule has 76 valence electrons. The van der Waals surface area contributed by atoms with Gasteiger partial charge in [0.05, 0.1) is 0 Å². The number of hydrazine groups is 1. The Morgan fingerprint density at radius 1 is 1.54 bits per heavy atom. The molecule has 13 heavy (non-hydrogen) atoms. The molecule has 0 aliphatic carbocycles. The molecule has 1 saturated heterocycles. The van der Waals surface area contributed by atoms with Gasteiger partial charge in [0.1, 0.15) is 0 Å². The highest BCUT2D eigenvalue weighted by Crippen LogP contribution is 2.31. The first-order valence-corrected chi connectivity index (χ1v) is 4.67. The Bertz CT molecular complexity index is 198. The third-order valence-corrected chi connectivity index (χ3v) is 2.49. The molecule has 1 rings (SSSR count). The predicted octanol–water partition coefficient (Wildman–Crippen LogP) is 1.68. The van der Waals surface area contributed by atoms with Crippen molar-refractivity contribution >= 4 is 6.09 Å². The highest BCUT2D eigenvalue weighted by atomic mass is 16.4. The van der Waals surface area contributed by atoms with Crippen LogP contribution >= 0.6 is 0 Å². The molecule has 1 atom stereocenters. The van der Waals surface area contributed by atoms with Crippen molar-refractivity contribution in [1.82, 2.24) is 10.4 Å². The third kappa shape index (κ3) is 2.59. The van der Waals surface area contributed by atoms with Gasteiger partial charge in [0.15, 0.2) is 0 Å². The van der Waals surface area contributed by atoms with Gasteiger partial charge in [-0.05, 0) is 18.3 Å². The standard InChI is InChI=1S/C9H18N2O2/c1-9(2,3)7-5-4-6-11(7)10-8(12)13/h7,10H,4-6H2,1-3H3,(H,12,13). The molecule has 4 nitrogen and oxygen atoms in total. The second-order valence-electron chi connectivity index (χ2n) is 4.63. The van der Waals surface area contributed by atoms with E-state index in [-0.39, 0.29) is 5.41 Å². The molecule has 1 heterocycles. The van der Waals surface area contributed by atoms with Crippen molar-refractivity contribution in [1.29, 1.82) is 0 Å². The fourth-order valence-electron chi connectivity index (χ4n) is 1.92. The van der Waals surface area contributed by atoms with E-state index in [2.05, 4.69) is 26.2 Å². The Labute approximate surface area is 78.9 Å². The second-order valence-corrected chi connectivity index (χ2v) is 4.63.